The maximum absolute atomic E-state index is 12.7. The summed E-state index contributed by atoms with van der Waals surface area (Å²) < 4.78 is 27.8. The molecule has 2 heterocycles. The molecule has 0 saturated carbocycles. The molecule has 29 heavy (non-hydrogen) atoms. The molecule has 1 aromatic carbocycles. The van der Waals surface area contributed by atoms with Crippen LogP contribution in [0.25, 0.3) is 0 Å². The Morgan fingerprint density at radius 2 is 1.69 bits per heavy atom. The molecule has 1 aromatic heterocycles. The van der Waals surface area contributed by atoms with E-state index in [1.165, 1.54) is 9.21 Å². The van der Waals surface area contributed by atoms with Crippen molar-refractivity contribution in [2.45, 2.75) is 18.4 Å². The Morgan fingerprint density at radius 3 is 2.28 bits per heavy atom. The molecule has 0 aliphatic carbocycles. The number of amides is 1. The van der Waals surface area contributed by atoms with Crippen LogP contribution in [-0.4, -0.2) is 59.2 Å². The lowest BCUT2D eigenvalue weighted by Crippen LogP contribution is -2.51. The molecule has 10 nitrogen and oxygen atoms in total. The number of piperazine rings is 1. The summed E-state index contributed by atoms with van der Waals surface area (Å²) in [5.74, 6) is -0.403. The number of hydrogen-bond donors (Lipinski definition) is 0. The van der Waals surface area contributed by atoms with Gasteiger partial charge in [-0.1, -0.05) is 17.7 Å². The number of carbonyl (C=O) groups excluding carboxylic acids is 1. The summed E-state index contributed by atoms with van der Waals surface area (Å²) in [6, 6.07) is 8.68. The van der Waals surface area contributed by atoms with Crippen molar-refractivity contribution in [1.82, 2.24) is 13.8 Å². The molecule has 154 valence electrons. The lowest BCUT2D eigenvalue weighted by molar-refractivity contribution is -0.385. The Morgan fingerprint density at radius 1 is 1.07 bits per heavy atom. The van der Waals surface area contributed by atoms with Gasteiger partial charge in [-0.3, -0.25) is 24.3 Å². The van der Waals surface area contributed by atoms with E-state index in [-0.39, 0.29) is 43.3 Å². The van der Waals surface area contributed by atoms with Crippen molar-refractivity contribution in [1.29, 1.82) is 0 Å². The van der Waals surface area contributed by atoms with E-state index in [4.69, 9.17) is 0 Å². The van der Waals surface area contributed by atoms with E-state index in [2.05, 4.69) is 0 Å². The zero-order valence-electron chi connectivity index (χ0n) is 15.7. The van der Waals surface area contributed by atoms with E-state index in [9.17, 15) is 28.1 Å². The number of aryl methyl sites for hydroxylation is 1. The average Bonchev–Trinajstić information content (AvgIpc) is 2.70. The summed E-state index contributed by atoms with van der Waals surface area (Å²) >= 11 is 0. The zero-order chi connectivity index (χ0) is 21.2. The molecule has 11 heteroatoms. The third-order valence-electron chi connectivity index (χ3n) is 4.73. The predicted octanol–water partition coefficient (Wildman–Crippen LogP) is 0.598. The van der Waals surface area contributed by atoms with E-state index in [1.54, 1.807) is 24.3 Å². The molecule has 0 atom stereocenters. The van der Waals surface area contributed by atoms with Gasteiger partial charge in [-0.2, -0.15) is 4.31 Å². The average molecular weight is 420 g/mol. The van der Waals surface area contributed by atoms with E-state index in [0.29, 0.717) is 0 Å². The van der Waals surface area contributed by atoms with Crippen LogP contribution in [0.2, 0.25) is 0 Å². The molecule has 1 aliphatic heterocycles. The van der Waals surface area contributed by atoms with Crippen LogP contribution >= 0.6 is 0 Å². The van der Waals surface area contributed by atoms with Crippen LogP contribution in [0.15, 0.2) is 52.3 Å². The predicted molar refractivity (Wildman–Crippen MR) is 104 cm³/mol. The summed E-state index contributed by atoms with van der Waals surface area (Å²) in [6.07, 6.45) is 1.03. The van der Waals surface area contributed by atoms with Gasteiger partial charge in [0, 0.05) is 38.3 Å². The maximum Gasteiger partial charge on any atom is 0.285 e. The number of aromatic nitrogens is 1. The topological polar surface area (TPSA) is 123 Å². The van der Waals surface area contributed by atoms with Crippen LogP contribution in [0.3, 0.4) is 0 Å². The highest BCUT2D eigenvalue weighted by Crippen LogP contribution is 2.18. The SMILES string of the molecule is Cc1ccc(S(=O)(=O)N2CCN(C(=O)Cn3cc([N+](=O)[O-])ccc3=O)CC2)cc1. The van der Waals surface area contributed by atoms with Crippen LogP contribution in [0.1, 0.15) is 5.56 Å². The maximum atomic E-state index is 12.7. The number of sulfonamides is 1. The van der Waals surface area contributed by atoms with E-state index < -0.39 is 26.4 Å². The first kappa shape index (κ1) is 20.7. The third kappa shape index (κ3) is 4.51. The minimum Gasteiger partial charge on any atom is -0.339 e. The van der Waals surface area contributed by atoms with Crippen molar-refractivity contribution in [3.05, 3.63) is 68.6 Å². The van der Waals surface area contributed by atoms with Crippen molar-refractivity contribution in [3.63, 3.8) is 0 Å². The quantitative estimate of drug-likeness (QED) is 0.515. The van der Waals surface area contributed by atoms with Gasteiger partial charge < -0.3 is 4.90 Å². The van der Waals surface area contributed by atoms with Gasteiger partial charge in [-0.05, 0) is 19.1 Å². The number of pyridine rings is 1. The largest absolute Gasteiger partial charge is 0.339 e. The standard InChI is InChI=1S/C18H20N4O6S/c1-14-2-5-16(6-3-14)29(27,28)21-10-8-19(9-11-21)18(24)13-20-12-15(22(25)26)4-7-17(20)23/h2-7,12H,8-11,13H2,1H3. The molecule has 1 amide bonds. The summed E-state index contributed by atoms with van der Waals surface area (Å²) in [6.45, 7) is 2.14. The lowest BCUT2D eigenvalue weighted by Gasteiger charge is -2.34. The summed E-state index contributed by atoms with van der Waals surface area (Å²) in [5, 5.41) is 10.9. The smallest absolute Gasteiger partial charge is 0.285 e. The molecule has 0 unspecified atom stereocenters. The Balaban J connectivity index is 1.65. The molecule has 0 bridgehead atoms. The lowest BCUT2D eigenvalue weighted by atomic mass is 10.2. The molecule has 2 aromatic rings. The van der Waals surface area contributed by atoms with Gasteiger partial charge >= 0.3 is 0 Å². The highest BCUT2D eigenvalue weighted by atomic mass is 32.2. The molecule has 1 fully saturated rings. The number of benzene rings is 1. The highest BCUT2D eigenvalue weighted by Gasteiger charge is 2.30. The molecule has 0 radical (unpaired) electrons. The highest BCUT2D eigenvalue weighted by molar-refractivity contribution is 7.89. The fourth-order valence-electron chi connectivity index (χ4n) is 3.03. The number of carbonyl (C=O) groups is 1. The number of nitrogens with zero attached hydrogens (tertiary/aromatic N) is 4. The molecular weight excluding hydrogens is 400 g/mol. The molecule has 0 spiro atoms. The molecule has 1 aliphatic rings. The second-order valence-electron chi connectivity index (χ2n) is 6.71. The monoisotopic (exact) mass is 420 g/mol. The van der Waals surface area contributed by atoms with Gasteiger partial charge in [0.2, 0.25) is 15.9 Å². The van der Waals surface area contributed by atoms with Gasteiger partial charge in [-0.25, -0.2) is 8.42 Å². The molecular formula is C18H20N4O6S. The van der Waals surface area contributed by atoms with E-state index >= 15 is 0 Å². The van der Waals surface area contributed by atoms with Crippen LogP contribution in [-0.2, 0) is 21.4 Å². The van der Waals surface area contributed by atoms with Crippen LogP contribution in [0.5, 0.6) is 0 Å². The number of hydrogen-bond acceptors (Lipinski definition) is 6. The minimum absolute atomic E-state index is 0.131. The van der Waals surface area contributed by atoms with Crippen molar-refractivity contribution in [3.8, 4) is 0 Å². The molecule has 1 saturated heterocycles. The van der Waals surface area contributed by atoms with Crippen LogP contribution in [0, 0.1) is 17.0 Å². The van der Waals surface area contributed by atoms with Crippen LogP contribution in [0.4, 0.5) is 5.69 Å². The van der Waals surface area contributed by atoms with Crippen LogP contribution < -0.4 is 5.56 Å². The fourth-order valence-corrected chi connectivity index (χ4v) is 4.46. The Kier molecular flexibility index (Phi) is 5.80. The van der Waals surface area contributed by atoms with E-state index in [0.717, 1.165) is 28.5 Å². The van der Waals surface area contributed by atoms with Crippen molar-refractivity contribution >= 4 is 21.6 Å². The second kappa shape index (κ2) is 8.13. The van der Waals surface area contributed by atoms with E-state index in [1.807, 2.05) is 6.92 Å². The van der Waals surface area contributed by atoms with Crippen molar-refractivity contribution in [2.24, 2.45) is 0 Å². The first-order valence-corrected chi connectivity index (χ1v) is 10.3. The van der Waals surface area contributed by atoms with Crippen molar-refractivity contribution in [2.75, 3.05) is 26.2 Å². The summed E-state index contributed by atoms with van der Waals surface area (Å²) in [4.78, 5) is 36.2. The fraction of sp³-hybridized carbons (Fsp3) is 0.333. The van der Waals surface area contributed by atoms with Gasteiger partial charge in [0.25, 0.3) is 11.2 Å². The summed E-state index contributed by atoms with van der Waals surface area (Å²) in [5.41, 5.74) is 0.145. The Hall–Kier alpha value is -3.05. The van der Waals surface area contributed by atoms with Crippen molar-refractivity contribution < 1.29 is 18.1 Å². The summed E-state index contributed by atoms with van der Waals surface area (Å²) in [7, 11) is -3.64. The number of nitro groups is 1. The first-order chi connectivity index (χ1) is 13.7. The number of rotatable bonds is 5. The van der Waals surface area contributed by atoms with Gasteiger partial charge in [0.1, 0.15) is 6.54 Å². The Bertz CT molecular complexity index is 1090. The minimum atomic E-state index is -3.64. The zero-order valence-corrected chi connectivity index (χ0v) is 16.5. The first-order valence-electron chi connectivity index (χ1n) is 8.88. The molecule has 3 rings (SSSR count). The third-order valence-corrected chi connectivity index (χ3v) is 6.65. The Labute approximate surface area is 167 Å². The normalized spacial score (nSPS) is 15.3. The molecule has 0 N–H and O–H groups in total. The van der Waals surface area contributed by atoms with Gasteiger partial charge in [0.15, 0.2) is 0 Å². The van der Waals surface area contributed by atoms with Gasteiger partial charge in [0.05, 0.1) is 16.0 Å². The van der Waals surface area contributed by atoms with Gasteiger partial charge in [-0.15, -0.1) is 0 Å². The second-order valence-corrected chi connectivity index (χ2v) is 8.65.